The fourth-order valence-corrected chi connectivity index (χ4v) is 3.26. The van der Waals surface area contributed by atoms with Crippen molar-refractivity contribution in [2.75, 3.05) is 13.2 Å². The first kappa shape index (κ1) is 30.1. The van der Waals surface area contributed by atoms with Crippen LogP contribution in [0.2, 0.25) is 0 Å². The molecule has 196 valence electrons. The average molecular weight is 494 g/mol. The van der Waals surface area contributed by atoms with Crippen LogP contribution in [-0.2, 0) is 35.1 Å². The number of carbonyl (C=O) groups excluding carboxylic acids is 4. The average Bonchev–Trinajstić information content (AvgIpc) is 2.80. The second-order valence-electron chi connectivity index (χ2n) is 8.67. The van der Waals surface area contributed by atoms with Crippen LogP contribution in [-0.4, -0.2) is 43.1 Å². The van der Waals surface area contributed by atoms with Crippen LogP contribution < -0.4 is 15.2 Å². The maximum absolute atomic E-state index is 12.5. The summed E-state index contributed by atoms with van der Waals surface area (Å²) < 4.78 is 21.0. The summed E-state index contributed by atoms with van der Waals surface area (Å²) in [7, 11) is 0. The van der Waals surface area contributed by atoms with Crippen LogP contribution in [0.3, 0.4) is 0 Å². The third-order valence-electron chi connectivity index (χ3n) is 5.27. The number of hydrogen-bond donors (Lipinski definition) is 1. The molecule has 2 N–H and O–H groups in total. The molecule has 0 bridgehead atoms. The van der Waals surface area contributed by atoms with Gasteiger partial charge >= 0.3 is 23.9 Å². The summed E-state index contributed by atoms with van der Waals surface area (Å²) in [6.07, 6.45) is 3.49. The first-order chi connectivity index (χ1) is 16.6. The number of rotatable bonds is 15. The zero-order valence-corrected chi connectivity index (χ0v) is 21.5. The van der Waals surface area contributed by atoms with E-state index in [1.165, 1.54) is 13.0 Å². The van der Waals surface area contributed by atoms with E-state index in [-0.39, 0.29) is 43.0 Å². The number of benzene rings is 1. The molecule has 3 atom stereocenters. The molecule has 0 aliphatic carbocycles. The number of ether oxygens (including phenoxy) is 4. The first-order valence-electron chi connectivity index (χ1n) is 12.2. The molecule has 0 aromatic heterocycles. The molecule has 0 saturated heterocycles. The molecule has 9 nitrogen and oxygen atoms in total. The van der Waals surface area contributed by atoms with Crippen LogP contribution in [0.5, 0.6) is 11.5 Å². The Balaban J connectivity index is 2.92. The number of esters is 4. The molecule has 1 aromatic rings. The van der Waals surface area contributed by atoms with Crippen LogP contribution in [0.15, 0.2) is 18.2 Å². The lowest BCUT2D eigenvalue weighted by molar-refractivity contribution is -0.146. The summed E-state index contributed by atoms with van der Waals surface area (Å²) in [5, 5.41) is 0. The zero-order chi connectivity index (χ0) is 26.4. The molecule has 1 rings (SSSR count). The Morgan fingerprint density at radius 2 is 1.37 bits per heavy atom. The van der Waals surface area contributed by atoms with Crippen molar-refractivity contribution < 1.29 is 38.1 Å². The summed E-state index contributed by atoms with van der Waals surface area (Å²) >= 11 is 0. The Morgan fingerprint density at radius 3 is 1.91 bits per heavy atom. The van der Waals surface area contributed by atoms with Crippen molar-refractivity contribution in [3.63, 3.8) is 0 Å². The van der Waals surface area contributed by atoms with Crippen molar-refractivity contribution in [2.45, 2.75) is 79.2 Å². The van der Waals surface area contributed by atoms with Crippen LogP contribution >= 0.6 is 0 Å². The fourth-order valence-electron chi connectivity index (χ4n) is 3.26. The summed E-state index contributed by atoms with van der Waals surface area (Å²) in [4.78, 5) is 47.9. The van der Waals surface area contributed by atoms with Gasteiger partial charge in [0.15, 0.2) is 11.5 Å². The Labute approximate surface area is 207 Å². The van der Waals surface area contributed by atoms with Crippen molar-refractivity contribution in [3.8, 4) is 11.5 Å². The quantitative estimate of drug-likeness (QED) is 0.220. The summed E-state index contributed by atoms with van der Waals surface area (Å²) in [6.45, 7) is 9.04. The standard InChI is InChI=1S/C26H39NO8/c1-6-9-17(3)24(29)34-22-12-11-20(16-23(22)35-25(30)18(4)10-7-2)15-21(27)26(31)33-14-8-13-32-19(5)28/h11-12,16-18,21H,6-10,13-15,27H2,1-5H3/t17-,18-,21-/m0/s1. The van der Waals surface area contributed by atoms with Gasteiger partial charge in [0.05, 0.1) is 25.0 Å². The van der Waals surface area contributed by atoms with Crippen LogP contribution in [0.4, 0.5) is 0 Å². The molecule has 0 aliphatic heterocycles. The van der Waals surface area contributed by atoms with Gasteiger partial charge in [0.1, 0.15) is 6.04 Å². The van der Waals surface area contributed by atoms with E-state index in [0.717, 1.165) is 12.8 Å². The minimum atomic E-state index is -0.954. The SMILES string of the molecule is CCC[C@H](C)C(=O)Oc1ccc(C[C@H](N)C(=O)OCCCOC(C)=O)cc1OC(=O)[C@@H](C)CCC. The molecule has 35 heavy (non-hydrogen) atoms. The van der Waals surface area contributed by atoms with E-state index in [0.29, 0.717) is 24.8 Å². The third-order valence-corrected chi connectivity index (χ3v) is 5.27. The lowest BCUT2D eigenvalue weighted by Gasteiger charge is -2.17. The van der Waals surface area contributed by atoms with Crippen molar-refractivity contribution in [1.29, 1.82) is 0 Å². The molecule has 0 amide bonds. The largest absolute Gasteiger partial charge is 0.466 e. The molecule has 0 spiro atoms. The second-order valence-corrected chi connectivity index (χ2v) is 8.67. The normalized spacial score (nSPS) is 13.3. The highest BCUT2D eigenvalue weighted by molar-refractivity contribution is 5.79. The topological polar surface area (TPSA) is 131 Å². The minimum Gasteiger partial charge on any atom is -0.466 e. The van der Waals surface area contributed by atoms with E-state index in [1.54, 1.807) is 26.0 Å². The zero-order valence-electron chi connectivity index (χ0n) is 21.5. The Hall–Kier alpha value is -2.94. The molecule has 0 saturated carbocycles. The molecule has 9 heteroatoms. The first-order valence-corrected chi connectivity index (χ1v) is 12.2. The van der Waals surface area contributed by atoms with Crippen LogP contribution in [0, 0.1) is 11.8 Å². The van der Waals surface area contributed by atoms with Gasteiger partial charge < -0.3 is 24.7 Å². The highest BCUT2D eigenvalue weighted by atomic mass is 16.6. The minimum absolute atomic E-state index is 0.0722. The maximum Gasteiger partial charge on any atom is 0.323 e. The van der Waals surface area contributed by atoms with Crippen molar-refractivity contribution in [3.05, 3.63) is 23.8 Å². The Morgan fingerprint density at radius 1 is 0.829 bits per heavy atom. The van der Waals surface area contributed by atoms with Gasteiger partial charge in [-0.15, -0.1) is 0 Å². The predicted octanol–water partition coefficient (Wildman–Crippen LogP) is 3.74. The maximum atomic E-state index is 12.5. The number of carbonyl (C=O) groups is 4. The summed E-state index contributed by atoms with van der Waals surface area (Å²) in [6, 6.07) is 3.80. The van der Waals surface area contributed by atoms with Gasteiger partial charge in [0.25, 0.3) is 0 Å². The van der Waals surface area contributed by atoms with E-state index < -0.39 is 29.9 Å². The number of hydrogen-bond acceptors (Lipinski definition) is 9. The van der Waals surface area contributed by atoms with Crippen molar-refractivity contribution in [1.82, 2.24) is 0 Å². The van der Waals surface area contributed by atoms with Crippen LogP contribution in [0.25, 0.3) is 0 Å². The van der Waals surface area contributed by atoms with E-state index in [2.05, 4.69) is 0 Å². The summed E-state index contributed by atoms with van der Waals surface area (Å²) in [5.74, 6) is -2.22. The summed E-state index contributed by atoms with van der Waals surface area (Å²) in [5.41, 5.74) is 6.60. The van der Waals surface area contributed by atoms with Gasteiger partial charge in [-0.2, -0.15) is 0 Å². The third kappa shape index (κ3) is 11.4. The van der Waals surface area contributed by atoms with E-state index in [1.807, 2.05) is 13.8 Å². The van der Waals surface area contributed by atoms with Crippen LogP contribution in [0.1, 0.15) is 72.3 Å². The predicted molar refractivity (Wildman–Crippen MR) is 130 cm³/mol. The van der Waals surface area contributed by atoms with Gasteiger partial charge in [-0.05, 0) is 37.0 Å². The molecular weight excluding hydrogens is 454 g/mol. The van der Waals surface area contributed by atoms with E-state index >= 15 is 0 Å². The Bertz CT molecular complexity index is 854. The lowest BCUT2D eigenvalue weighted by Crippen LogP contribution is -2.34. The number of nitrogens with two attached hydrogens (primary N) is 1. The molecule has 0 heterocycles. The highest BCUT2D eigenvalue weighted by Crippen LogP contribution is 2.31. The molecule has 0 aliphatic rings. The smallest absolute Gasteiger partial charge is 0.323 e. The van der Waals surface area contributed by atoms with Gasteiger partial charge in [0.2, 0.25) is 0 Å². The van der Waals surface area contributed by atoms with Gasteiger partial charge in [-0.1, -0.05) is 46.6 Å². The van der Waals surface area contributed by atoms with Gasteiger partial charge in [-0.3, -0.25) is 19.2 Å². The van der Waals surface area contributed by atoms with E-state index in [4.69, 9.17) is 24.7 Å². The second kappa shape index (κ2) is 15.9. The Kier molecular flexibility index (Phi) is 13.6. The molecule has 0 radical (unpaired) electrons. The van der Waals surface area contributed by atoms with Gasteiger partial charge in [-0.25, -0.2) is 0 Å². The van der Waals surface area contributed by atoms with Crippen molar-refractivity contribution >= 4 is 23.9 Å². The molecule has 0 unspecified atom stereocenters. The van der Waals surface area contributed by atoms with Gasteiger partial charge in [0, 0.05) is 13.3 Å². The highest BCUT2D eigenvalue weighted by Gasteiger charge is 2.22. The van der Waals surface area contributed by atoms with E-state index in [9.17, 15) is 19.2 Å². The van der Waals surface area contributed by atoms with Crippen molar-refractivity contribution in [2.24, 2.45) is 17.6 Å². The fraction of sp³-hybridized carbons (Fsp3) is 0.615. The molecule has 1 aromatic carbocycles. The lowest BCUT2D eigenvalue weighted by atomic mass is 10.0. The molecule has 0 fully saturated rings. The monoisotopic (exact) mass is 493 g/mol. The molecular formula is C26H39NO8.